The molecule has 1 atom stereocenters. The zero-order valence-corrected chi connectivity index (χ0v) is 35.0. The standard InChI is InChI=1S/C57H44N2O2/c1-33-26-41-40-29-34-22-24-38(58-47-18-10-6-14-43(47)56(2,3)44-15-7-11-19-48(44)58)27-36(34)31-51(40)61-55(41)53-42-30-35-23-25-39(28-37(35)32-52(42)60-54(33)53)59-49-20-12-8-16-45(49)57(4,5)46-17-9-13-21-50(46)59/h6-14,16-32,44H,15H2,1-5H3. The van der Waals surface area contributed by atoms with E-state index in [1.165, 1.54) is 50.5 Å². The van der Waals surface area contributed by atoms with E-state index in [2.05, 4.69) is 202 Å². The normalized spacial score (nSPS) is 17.6. The maximum Gasteiger partial charge on any atom is 0.147 e. The number of para-hydroxylation sites is 3. The molecule has 0 bridgehead atoms. The van der Waals surface area contributed by atoms with Crippen LogP contribution in [0.3, 0.4) is 0 Å². The van der Waals surface area contributed by atoms with E-state index in [1.54, 1.807) is 0 Å². The summed E-state index contributed by atoms with van der Waals surface area (Å²) in [5.41, 5.74) is 15.9. The van der Waals surface area contributed by atoms with Crippen molar-refractivity contribution in [2.24, 2.45) is 5.92 Å². The number of fused-ring (bicyclic) bond motifs is 13. The Labute approximate surface area is 354 Å². The van der Waals surface area contributed by atoms with Crippen LogP contribution in [0.4, 0.5) is 28.4 Å². The molecule has 0 saturated heterocycles. The lowest BCUT2D eigenvalue weighted by molar-refractivity contribution is 0.349. The number of aryl methyl sites for hydroxylation is 1. The Morgan fingerprint density at radius 2 is 1.08 bits per heavy atom. The van der Waals surface area contributed by atoms with Gasteiger partial charge in [0, 0.05) is 55.7 Å². The van der Waals surface area contributed by atoms with E-state index < -0.39 is 0 Å². The average Bonchev–Trinajstić information content (AvgIpc) is 3.82. The molecule has 0 N–H and O–H groups in total. The van der Waals surface area contributed by atoms with Crippen LogP contribution in [0, 0.1) is 12.8 Å². The lowest BCUT2D eigenvalue weighted by Gasteiger charge is -2.48. The van der Waals surface area contributed by atoms with E-state index in [0.29, 0.717) is 5.92 Å². The van der Waals surface area contributed by atoms with Crippen molar-refractivity contribution >= 4 is 93.9 Å². The second-order valence-corrected chi connectivity index (χ2v) is 18.6. The second kappa shape index (κ2) is 12.0. The highest BCUT2D eigenvalue weighted by atomic mass is 16.3. The highest BCUT2D eigenvalue weighted by Crippen LogP contribution is 2.54. The fourth-order valence-electron chi connectivity index (χ4n) is 11.4. The molecule has 0 radical (unpaired) electrons. The molecule has 2 aliphatic heterocycles. The van der Waals surface area contributed by atoms with E-state index in [0.717, 1.165) is 77.7 Å². The predicted octanol–water partition coefficient (Wildman–Crippen LogP) is 16.1. The SMILES string of the molecule is Cc1cc2c3cc4ccc(N5C6=CC=CCC6C(C)(C)c6ccccc65)cc4cc3oc2c2c1oc1cc3cc(N4c5ccccc5C(C)(C)c5ccccc54)ccc3cc12. The summed E-state index contributed by atoms with van der Waals surface area (Å²) < 4.78 is 13.7. The van der Waals surface area contributed by atoms with Crippen molar-refractivity contribution in [1.82, 2.24) is 0 Å². The predicted molar refractivity (Wildman–Crippen MR) is 254 cm³/mol. The van der Waals surface area contributed by atoms with Gasteiger partial charge in [-0.05, 0) is 136 Å². The van der Waals surface area contributed by atoms with E-state index in [4.69, 9.17) is 8.83 Å². The Bertz CT molecular complexity index is 3560. The molecule has 2 aromatic heterocycles. The Hall–Kier alpha value is -7.04. The molecule has 0 fully saturated rings. The largest absolute Gasteiger partial charge is 0.456 e. The first-order valence-corrected chi connectivity index (χ1v) is 21.6. The average molecular weight is 789 g/mol. The number of allylic oxidation sites excluding steroid dienone is 4. The first kappa shape index (κ1) is 34.8. The highest BCUT2D eigenvalue weighted by molar-refractivity contribution is 6.25. The third-order valence-electron chi connectivity index (χ3n) is 14.5. The van der Waals surface area contributed by atoms with Crippen molar-refractivity contribution in [2.75, 3.05) is 9.80 Å². The molecule has 13 rings (SSSR count). The van der Waals surface area contributed by atoms with Crippen LogP contribution in [0.25, 0.3) is 65.4 Å². The summed E-state index contributed by atoms with van der Waals surface area (Å²) in [5.74, 6) is 0.396. The molecule has 0 saturated carbocycles. The molecule has 0 amide bonds. The van der Waals surface area contributed by atoms with Crippen molar-refractivity contribution in [2.45, 2.75) is 51.9 Å². The summed E-state index contributed by atoms with van der Waals surface area (Å²) in [4.78, 5) is 4.90. The monoisotopic (exact) mass is 788 g/mol. The van der Waals surface area contributed by atoms with Crippen LogP contribution >= 0.6 is 0 Å². The molecule has 10 aromatic rings. The van der Waals surface area contributed by atoms with E-state index in [-0.39, 0.29) is 10.8 Å². The zero-order chi connectivity index (χ0) is 40.9. The first-order chi connectivity index (χ1) is 29.6. The van der Waals surface area contributed by atoms with Gasteiger partial charge in [0.2, 0.25) is 0 Å². The summed E-state index contributed by atoms with van der Waals surface area (Å²) >= 11 is 0. The maximum atomic E-state index is 6.94. The van der Waals surface area contributed by atoms with Crippen molar-refractivity contribution in [3.05, 3.63) is 186 Å². The van der Waals surface area contributed by atoms with Gasteiger partial charge in [-0.25, -0.2) is 0 Å². The highest BCUT2D eigenvalue weighted by Gasteiger charge is 2.43. The first-order valence-electron chi connectivity index (χ1n) is 21.6. The fourth-order valence-corrected chi connectivity index (χ4v) is 11.4. The molecular formula is C57H44N2O2. The van der Waals surface area contributed by atoms with Gasteiger partial charge in [0.1, 0.15) is 22.3 Å². The minimum Gasteiger partial charge on any atom is -0.456 e. The number of benzene rings is 8. The van der Waals surface area contributed by atoms with Crippen LogP contribution in [-0.4, -0.2) is 0 Å². The molecule has 1 aliphatic carbocycles. The molecule has 294 valence electrons. The smallest absolute Gasteiger partial charge is 0.147 e. The van der Waals surface area contributed by atoms with Gasteiger partial charge in [0.15, 0.2) is 0 Å². The molecule has 4 nitrogen and oxygen atoms in total. The third kappa shape index (κ3) is 4.71. The summed E-state index contributed by atoms with van der Waals surface area (Å²) in [5, 5.41) is 8.99. The van der Waals surface area contributed by atoms with Gasteiger partial charge < -0.3 is 18.6 Å². The third-order valence-corrected chi connectivity index (χ3v) is 14.5. The molecule has 0 spiro atoms. The lowest BCUT2D eigenvalue weighted by atomic mass is 9.66. The summed E-state index contributed by atoms with van der Waals surface area (Å²) in [7, 11) is 0. The number of hydrogen-bond donors (Lipinski definition) is 0. The minimum atomic E-state index is -0.108. The van der Waals surface area contributed by atoms with Gasteiger partial charge in [0.05, 0.1) is 16.8 Å². The van der Waals surface area contributed by atoms with Gasteiger partial charge >= 0.3 is 0 Å². The topological polar surface area (TPSA) is 32.8 Å². The minimum absolute atomic E-state index is 0.0293. The maximum absolute atomic E-state index is 6.94. The molecular weight excluding hydrogens is 745 g/mol. The summed E-state index contributed by atoms with van der Waals surface area (Å²) in [6.45, 7) is 11.6. The number of rotatable bonds is 2. The number of anilines is 5. The zero-order valence-electron chi connectivity index (χ0n) is 35.0. The van der Waals surface area contributed by atoms with Crippen LogP contribution in [0.5, 0.6) is 0 Å². The Balaban J connectivity index is 0.954. The van der Waals surface area contributed by atoms with Gasteiger partial charge in [-0.15, -0.1) is 0 Å². The van der Waals surface area contributed by atoms with Gasteiger partial charge in [-0.3, -0.25) is 0 Å². The number of furan rings is 2. The van der Waals surface area contributed by atoms with Crippen molar-refractivity contribution in [3.63, 3.8) is 0 Å². The van der Waals surface area contributed by atoms with Crippen molar-refractivity contribution < 1.29 is 8.83 Å². The fraction of sp³-hybridized carbons (Fsp3) is 0.158. The van der Waals surface area contributed by atoms with Crippen LogP contribution in [0.2, 0.25) is 0 Å². The summed E-state index contributed by atoms with van der Waals surface area (Å²) in [6, 6.07) is 51.6. The molecule has 4 heterocycles. The second-order valence-electron chi connectivity index (χ2n) is 18.6. The molecule has 61 heavy (non-hydrogen) atoms. The molecule has 3 aliphatic rings. The Morgan fingerprint density at radius 1 is 0.525 bits per heavy atom. The van der Waals surface area contributed by atoms with Gasteiger partial charge in [-0.2, -0.15) is 0 Å². The number of nitrogens with zero attached hydrogens (tertiary/aromatic N) is 2. The van der Waals surface area contributed by atoms with E-state index in [1.807, 2.05) is 0 Å². The van der Waals surface area contributed by atoms with Crippen LogP contribution in [0.1, 0.15) is 56.4 Å². The molecule has 8 aromatic carbocycles. The quantitative estimate of drug-likeness (QED) is 0.175. The van der Waals surface area contributed by atoms with Crippen LogP contribution < -0.4 is 9.80 Å². The van der Waals surface area contributed by atoms with Crippen LogP contribution in [0.15, 0.2) is 172 Å². The van der Waals surface area contributed by atoms with Gasteiger partial charge in [-0.1, -0.05) is 107 Å². The van der Waals surface area contributed by atoms with Crippen LogP contribution in [-0.2, 0) is 10.8 Å². The van der Waals surface area contributed by atoms with E-state index in [9.17, 15) is 0 Å². The molecule has 1 unspecified atom stereocenters. The Morgan fingerprint density at radius 3 is 1.75 bits per heavy atom. The van der Waals surface area contributed by atoms with Crippen molar-refractivity contribution in [1.29, 1.82) is 0 Å². The van der Waals surface area contributed by atoms with Gasteiger partial charge in [0.25, 0.3) is 0 Å². The number of hydrogen-bond acceptors (Lipinski definition) is 4. The lowest BCUT2D eigenvalue weighted by Crippen LogP contribution is -2.42. The van der Waals surface area contributed by atoms with E-state index >= 15 is 0 Å². The summed E-state index contributed by atoms with van der Waals surface area (Å²) in [6.07, 6.45) is 7.89. The molecule has 4 heteroatoms. The van der Waals surface area contributed by atoms with Crippen molar-refractivity contribution in [3.8, 4) is 0 Å². The Kier molecular flexibility index (Phi) is 6.87.